The van der Waals surface area contributed by atoms with Crippen LogP contribution in [0.3, 0.4) is 0 Å². The van der Waals surface area contributed by atoms with Crippen LogP contribution in [-0.4, -0.2) is 31.4 Å². The zero-order valence-electron chi connectivity index (χ0n) is 12.2. The molecule has 0 aromatic heterocycles. The van der Waals surface area contributed by atoms with Gasteiger partial charge in [0.2, 0.25) is 0 Å². The van der Waals surface area contributed by atoms with Gasteiger partial charge in [-0.05, 0) is 50.6 Å². The van der Waals surface area contributed by atoms with Gasteiger partial charge in [0.1, 0.15) is 5.78 Å². The highest BCUT2D eigenvalue weighted by Gasteiger charge is 2.24. The number of hydrogen-bond acceptors (Lipinski definition) is 3. The van der Waals surface area contributed by atoms with Gasteiger partial charge in [-0.25, -0.2) is 4.39 Å². The molecule has 4 heteroatoms. The van der Waals surface area contributed by atoms with Crippen LogP contribution < -0.4 is 4.74 Å². The largest absolute Gasteiger partial charge is 0.494 e. The van der Waals surface area contributed by atoms with Crippen LogP contribution in [0.5, 0.6) is 5.75 Å². The van der Waals surface area contributed by atoms with E-state index in [0.717, 1.165) is 37.8 Å². The molecule has 0 heterocycles. The van der Waals surface area contributed by atoms with Gasteiger partial charge in [0, 0.05) is 18.9 Å². The Kier molecular flexibility index (Phi) is 5.12. The predicted octanol–water partition coefficient (Wildman–Crippen LogP) is 3.03. The lowest BCUT2D eigenvalue weighted by molar-refractivity contribution is -0.120. The van der Waals surface area contributed by atoms with E-state index in [2.05, 4.69) is 4.90 Å². The van der Waals surface area contributed by atoms with Crippen molar-refractivity contribution in [2.75, 3.05) is 20.7 Å². The molecule has 0 spiro atoms. The number of nitrogens with zero attached hydrogens (tertiary/aromatic N) is 1. The summed E-state index contributed by atoms with van der Waals surface area (Å²) in [6, 6.07) is 5.04. The maximum absolute atomic E-state index is 13.6. The van der Waals surface area contributed by atoms with Gasteiger partial charge in [-0.1, -0.05) is 6.07 Å². The van der Waals surface area contributed by atoms with E-state index in [0.29, 0.717) is 12.3 Å². The molecule has 0 N–H and O–H groups in total. The topological polar surface area (TPSA) is 29.5 Å². The lowest BCUT2D eigenvalue weighted by Crippen LogP contribution is -2.22. The third-order valence-corrected chi connectivity index (χ3v) is 3.96. The summed E-state index contributed by atoms with van der Waals surface area (Å²) in [7, 11) is 3.46. The molecule has 0 aliphatic heterocycles. The van der Waals surface area contributed by atoms with Crippen molar-refractivity contribution in [1.29, 1.82) is 0 Å². The first kappa shape index (κ1) is 15.0. The normalized spacial score (nSPS) is 18.8. The number of ether oxygens (including phenoxy) is 1. The molecule has 1 unspecified atom stereocenters. The molecule has 110 valence electrons. The van der Waals surface area contributed by atoms with E-state index in [1.165, 1.54) is 13.2 Å². The van der Waals surface area contributed by atoms with Crippen LogP contribution >= 0.6 is 0 Å². The Morgan fingerprint density at radius 3 is 2.85 bits per heavy atom. The van der Waals surface area contributed by atoms with Gasteiger partial charge in [0.15, 0.2) is 11.6 Å². The quantitative estimate of drug-likeness (QED) is 0.801. The summed E-state index contributed by atoms with van der Waals surface area (Å²) in [5.74, 6) is 0.594. The molecule has 0 amide bonds. The van der Waals surface area contributed by atoms with E-state index in [1.807, 2.05) is 13.1 Å². The summed E-state index contributed by atoms with van der Waals surface area (Å²) in [6.45, 7) is 1.55. The first-order valence-electron chi connectivity index (χ1n) is 7.14. The number of carbonyl (C=O) groups is 1. The van der Waals surface area contributed by atoms with E-state index in [4.69, 9.17) is 4.74 Å². The number of benzene rings is 1. The summed E-state index contributed by atoms with van der Waals surface area (Å²) in [6.07, 6.45) is 3.73. The number of rotatable bonds is 6. The minimum absolute atomic E-state index is 0.241. The molecule has 1 saturated carbocycles. The highest BCUT2D eigenvalue weighted by atomic mass is 19.1. The molecule has 0 radical (unpaired) electrons. The summed E-state index contributed by atoms with van der Waals surface area (Å²) < 4.78 is 18.5. The van der Waals surface area contributed by atoms with E-state index in [9.17, 15) is 9.18 Å². The molecule has 1 aliphatic rings. The minimum atomic E-state index is -0.329. The summed E-state index contributed by atoms with van der Waals surface area (Å²) in [5.41, 5.74) is 0.920. The molecule has 1 fully saturated rings. The van der Waals surface area contributed by atoms with Crippen LogP contribution in [0.1, 0.15) is 31.2 Å². The van der Waals surface area contributed by atoms with Crippen LogP contribution in [-0.2, 0) is 11.3 Å². The van der Waals surface area contributed by atoms with Gasteiger partial charge in [-0.2, -0.15) is 0 Å². The average Bonchev–Trinajstić information content (AvgIpc) is 2.82. The third kappa shape index (κ3) is 3.79. The zero-order valence-corrected chi connectivity index (χ0v) is 12.2. The number of hydrogen-bond donors (Lipinski definition) is 0. The molecule has 0 bridgehead atoms. The van der Waals surface area contributed by atoms with E-state index in [1.54, 1.807) is 6.07 Å². The lowest BCUT2D eigenvalue weighted by atomic mass is 10.0. The zero-order chi connectivity index (χ0) is 14.5. The Morgan fingerprint density at radius 1 is 1.45 bits per heavy atom. The average molecular weight is 279 g/mol. The van der Waals surface area contributed by atoms with Crippen LogP contribution in [0.25, 0.3) is 0 Å². The smallest absolute Gasteiger partial charge is 0.165 e. The Morgan fingerprint density at radius 2 is 2.25 bits per heavy atom. The Balaban J connectivity index is 1.83. The second-order valence-electron chi connectivity index (χ2n) is 5.55. The molecule has 1 atom stereocenters. The third-order valence-electron chi connectivity index (χ3n) is 3.96. The first-order chi connectivity index (χ1) is 9.60. The first-order valence-corrected chi connectivity index (χ1v) is 7.14. The Hall–Kier alpha value is -1.42. The second kappa shape index (κ2) is 6.84. The summed E-state index contributed by atoms with van der Waals surface area (Å²) in [5, 5.41) is 0. The number of methoxy groups -OCH3 is 1. The van der Waals surface area contributed by atoms with Crippen LogP contribution in [0, 0.1) is 11.7 Å². The number of carbonyl (C=O) groups excluding carboxylic acids is 1. The minimum Gasteiger partial charge on any atom is -0.494 e. The fourth-order valence-corrected chi connectivity index (χ4v) is 2.77. The van der Waals surface area contributed by atoms with Gasteiger partial charge in [-0.3, -0.25) is 4.79 Å². The van der Waals surface area contributed by atoms with Crippen molar-refractivity contribution in [1.82, 2.24) is 4.90 Å². The van der Waals surface area contributed by atoms with Crippen molar-refractivity contribution in [2.45, 2.75) is 32.2 Å². The molecule has 20 heavy (non-hydrogen) atoms. The highest BCUT2D eigenvalue weighted by Crippen LogP contribution is 2.24. The second-order valence-corrected chi connectivity index (χ2v) is 5.55. The van der Waals surface area contributed by atoms with Gasteiger partial charge in [0.25, 0.3) is 0 Å². The monoisotopic (exact) mass is 279 g/mol. The van der Waals surface area contributed by atoms with Crippen molar-refractivity contribution in [2.24, 2.45) is 5.92 Å². The maximum Gasteiger partial charge on any atom is 0.165 e. The molecule has 1 aliphatic carbocycles. The van der Waals surface area contributed by atoms with Gasteiger partial charge in [-0.15, -0.1) is 0 Å². The number of halogens is 1. The van der Waals surface area contributed by atoms with E-state index < -0.39 is 0 Å². The molecule has 2 rings (SSSR count). The lowest BCUT2D eigenvalue weighted by Gasteiger charge is -2.18. The number of Topliss-reactive ketones (excluding diaryl/α,β-unsaturated/α-hetero) is 1. The summed E-state index contributed by atoms with van der Waals surface area (Å²) >= 11 is 0. The van der Waals surface area contributed by atoms with Gasteiger partial charge >= 0.3 is 0 Å². The van der Waals surface area contributed by atoms with Crippen molar-refractivity contribution in [3.05, 3.63) is 29.6 Å². The number of ketones is 1. The fraction of sp³-hybridized carbons (Fsp3) is 0.562. The molecular formula is C16H22FNO2. The summed E-state index contributed by atoms with van der Waals surface area (Å²) in [4.78, 5) is 13.7. The van der Waals surface area contributed by atoms with Crippen molar-refractivity contribution in [3.63, 3.8) is 0 Å². The van der Waals surface area contributed by atoms with Crippen LogP contribution in [0.2, 0.25) is 0 Å². The predicted molar refractivity (Wildman–Crippen MR) is 76.3 cm³/mol. The van der Waals surface area contributed by atoms with Gasteiger partial charge in [0.05, 0.1) is 7.11 Å². The SMILES string of the molecule is COc1ccc(CN(C)CCC2CCCC2=O)cc1F. The molecule has 1 aromatic rings. The van der Waals surface area contributed by atoms with Crippen LogP contribution in [0.4, 0.5) is 4.39 Å². The fourth-order valence-electron chi connectivity index (χ4n) is 2.77. The van der Waals surface area contributed by atoms with Crippen LogP contribution in [0.15, 0.2) is 18.2 Å². The van der Waals surface area contributed by atoms with Gasteiger partial charge < -0.3 is 9.64 Å². The van der Waals surface area contributed by atoms with Crippen molar-refractivity contribution in [3.8, 4) is 5.75 Å². The molecule has 0 saturated heterocycles. The maximum atomic E-state index is 13.6. The Labute approximate surface area is 119 Å². The van der Waals surface area contributed by atoms with Crippen molar-refractivity contribution >= 4 is 5.78 Å². The van der Waals surface area contributed by atoms with E-state index >= 15 is 0 Å². The molecule has 3 nitrogen and oxygen atoms in total. The van der Waals surface area contributed by atoms with E-state index in [-0.39, 0.29) is 17.5 Å². The molecule has 1 aromatic carbocycles. The standard InChI is InChI=1S/C16H22FNO2/c1-18(9-8-13-4-3-5-15(13)19)11-12-6-7-16(20-2)14(17)10-12/h6-7,10,13H,3-5,8-9,11H2,1-2H3. The van der Waals surface area contributed by atoms with Crippen molar-refractivity contribution < 1.29 is 13.9 Å². The molecular weight excluding hydrogens is 257 g/mol. The Bertz CT molecular complexity index is 476. The highest BCUT2D eigenvalue weighted by molar-refractivity contribution is 5.82.